The second kappa shape index (κ2) is 6.75. The summed E-state index contributed by atoms with van der Waals surface area (Å²) in [6, 6.07) is -0.0947. The van der Waals surface area contributed by atoms with Crippen LogP contribution in [0.5, 0.6) is 0 Å². The molecule has 1 saturated heterocycles. The highest BCUT2D eigenvalue weighted by Gasteiger charge is 2.33. The molecule has 0 aromatic rings. The van der Waals surface area contributed by atoms with E-state index in [1.54, 1.807) is 6.92 Å². The molecule has 1 fully saturated rings. The third-order valence-corrected chi connectivity index (χ3v) is 3.42. The summed E-state index contributed by atoms with van der Waals surface area (Å²) in [7, 11) is 0. The van der Waals surface area contributed by atoms with Gasteiger partial charge in [0.2, 0.25) is 0 Å². The van der Waals surface area contributed by atoms with Crippen LogP contribution in [0.2, 0.25) is 0 Å². The Bertz CT molecular complexity index is 241. The number of halogens is 3. The summed E-state index contributed by atoms with van der Waals surface area (Å²) in [5.41, 5.74) is 0. The molecule has 0 radical (unpaired) electrons. The first-order chi connectivity index (χ1) is 8.28. The molecule has 1 aliphatic rings. The van der Waals surface area contributed by atoms with Gasteiger partial charge in [0.25, 0.3) is 0 Å². The van der Waals surface area contributed by atoms with Gasteiger partial charge in [-0.3, -0.25) is 4.90 Å². The van der Waals surface area contributed by atoms with Gasteiger partial charge in [-0.25, -0.2) is 0 Å². The van der Waals surface area contributed by atoms with E-state index in [1.807, 2.05) is 4.90 Å². The normalized spacial score (nSPS) is 25.2. The maximum atomic E-state index is 12.4. The summed E-state index contributed by atoms with van der Waals surface area (Å²) in [4.78, 5) is 1.99. The van der Waals surface area contributed by atoms with E-state index in [9.17, 15) is 13.2 Å². The van der Waals surface area contributed by atoms with Gasteiger partial charge in [0.1, 0.15) is 0 Å². The summed E-state index contributed by atoms with van der Waals surface area (Å²) in [5.74, 6) is 0.570. The monoisotopic (exact) mass is 266 g/mol. The van der Waals surface area contributed by atoms with Gasteiger partial charge in [-0.05, 0) is 38.8 Å². The minimum Gasteiger partial charge on any atom is -0.313 e. The van der Waals surface area contributed by atoms with Crippen molar-refractivity contribution in [3.63, 3.8) is 0 Å². The van der Waals surface area contributed by atoms with Crippen LogP contribution in [0.25, 0.3) is 0 Å². The number of hydrogen-bond donors (Lipinski definition) is 1. The van der Waals surface area contributed by atoms with E-state index in [2.05, 4.69) is 19.2 Å². The van der Waals surface area contributed by atoms with Gasteiger partial charge in [-0.1, -0.05) is 13.8 Å². The van der Waals surface area contributed by atoms with Gasteiger partial charge in [0.15, 0.2) is 0 Å². The second-order valence-electron chi connectivity index (χ2n) is 5.80. The summed E-state index contributed by atoms with van der Waals surface area (Å²) in [6.45, 7) is 8.39. The Labute approximate surface area is 108 Å². The number of nitrogens with zero attached hydrogens (tertiary/aromatic N) is 1. The highest BCUT2D eigenvalue weighted by molar-refractivity contribution is 4.81. The molecular weight excluding hydrogens is 241 g/mol. The highest BCUT2D eigenvalue weighted by atomic mass is 19.4. The zero-order valence-corrected chi connectivity index (χ0v) is 11.6. The molecule has 5 heteroatoms. The minimum atomic E-state index is -4.06. The van der Waals surface area contributed by atoms with Crippen molar-refractivity contribution in [1.82, 2.24) is 10.2 Å². The SMILES string of the molecule is CC(C)CC1CN(C(C)CC(F)(F)F)CCCN1. The molecule has 2 atom stereocenters. The zero-order valence-electron chi connectivity index (χ0n) is 11.6. The maximum Gasteiger partial charge on any atom is 0.390 e. The van der Waals surface area contributed by atoms with Crippen molar-refractivity contribution in [2.75, 3.05) is 19.6 Å². The van der Waals surface area contributed by atoms with Crippen LogP contribution in [0.15, 0.2) is 0 Å². The molecule has 1 heterocycles. The molecular formula is C13H25F3N2. The lowest BCUT2D eigenvalue weighted by Crippen LogP contribution is -2.43. The Morgan fingerprint density at radius 3 is 2.50 bits per heavy atom. The van der Waals surface area contributed by atoms with Crippen molar-refractivity contribution < 1.29 is 13.2 Å². The van der Waals surface area contributed by atoms with Crippen molar-refractivity contribution >= 4 is 0 Å². The van der Waals surface area contributed by atoms with Crippen molar-refractivity contribution in [2.24, 2.45) is 5.92 Å². The molecule has 0 aromatic carbocycles. The van der Waals surface area contributed by atoms with E-state index in [0.29, 0.717) is 12.0 Å². The van der Waals surface area contributed by atoms with E-state index in [-0.39, 0.29) is 0 Å². The van der Waals surface area contributed by atoms with Crippen molar-refractivity contribution in [2.45, 2.75) is 58.3 Å². The number of alkyl halides is 3. The fraction of sp³-hybridized carbons (Fsp3) is 1.00. The molecule has 108 valence electrons. The molecule has 1 rings (SSSR count). The first-order valence-electron chi connectivity index (χ1n) is 6.82. The molecule has 1 aliphatic heterocycles. The van der Waals surface area contributed by atoms with Crippen LogP contribution >= 0.6 is 0 Å². The van der Waals surface area contributed by atoms with E-state index < -0.39 is 18.6 Å². The van der Waals surface area contributed by atoms with Crippen LogP contribution in [0, 0.1) is 5.92 Å². The third-order valence-electron chi connectivity index (χ3n) is 3.42. The molecule has 0 spiro atoms. The lowest BCUT2D eigenvalue weighted by atomic mass is 10.0. The molecule has 0 amide bonds. The first-order valence-corrected chi connectivity index (χ1v) is 6.82. The van der Waals surface area contributed by atoms with Gasteiger partial charge >= 0.3 is 6.18 Å². The van der Waals surface area contributed by atoms with Crippen LogP contribution in [0.3, 0.4) is 0 Å². The van der Waals surface area contributed by atoms with Gasteiger partial charge in [-0.15, -0.1) is 0 Å². The number of hydrogen-bond acceptors (Lipinski definition) is 2. The first kappa shape index (κ1) is 15.8. The van der Waals surface area contributed by atoms with Crippen LogP contribution in [-0.2, 0) is 0 Å². The Hall–Kier alpha value is -0.290. The van der Waals surface area contributed by atoms with Crippen molar-refractivity contribution in [3.05, 3.63) is 0 Å². The van der Waals surface area contributed by atoms with Crippen molar-refractivity contribution in [3.8, 4) is 0 Å². The average Bonchev–Trinajstić information content (AvgIpc) is 2.39. The van der Waals surface area contributed by atoms with Gasteiger partial charge in [0, 0.05) is 18.6 Å². The Morgan fingerprint density at radius 1 is 1.28 bits per heavy atom. The van der Waals surface area contributed by atoms with Crippen LogP contribution < -0.4 is 5.32 Å². The van der Waals surface area contributed by atoms with E-state index in [4.69, 9.17) is 0 Å². The molecule has 18 heavy (non-hydrogen) atoms. The number of rotatable bonds is 4. The lowest BCUT2D eigenvalue weighted by molar-refractivity contribution is -0.146. The molecule has 0 aliphatic carbocycles. The van der Waals surface area contributed by atoms with E-state index in [0.717, 1.165) is 32.5 Å². The maximum absolute atomic E-state index is 12.4. The van der Waals surface area contributed by atoms with Gasteiger partial charge in [-0.2, -0.15) is 13.2 Å². The number of nitrogens with one attached hydrogen (secondary N) is 1. The quantitative estimate of drug-likeness (QED) is 0.841. The average molecular weight is 266 g/mol. The Balaban J connectivity index is 2.52. The van der Waals surface area contributed by atoms with Crippen LogP contribution in [0.1, 0.15) is 40.0 Å². The third kappa shape index (κ3) is 6.05. The predicted octanol–water partition coefficient (Wildman–Crippen LogP) is 3.04. The highest BCUT2D eigenvalue weighted by Crippen LogP contribution is 2.24. The molecule has 0 saturated carbocycles. The summed E-state index contributed by atoms with van der Waals surface area (Å²) < 4.78 is 37.3. The molecule has 2 nitrogen and oxygen atoms in total. The summed E-state index contributed by atoms with van der Waals surface area (Å²) >= 11 is 0. The smallest absolute Gasteiger partial charge is 0.313 e. The van der Waals surface area contributed by atoms with Gasteiger partial charge < -0.3 is 5.32 Å². The second-order valence-corrected chi connectivity index (χ2v) is 5.80. The van der Waals surface area contributed by atoms with Gasteiger partial charge in [0.05, 0.1) is 6.42 Å². The van der Waals surface area contributed by atoms with E-state index in [1.165, 1.54) is 0 Å². The zero-order chi connectivity index (χ0) is 13.8. The fourth-order valence-electron chi connectivity index (χ4n) is 2.62. The molecule has 0 aromatic heterocycles. The largest absolute Gasteiger partial charge is 0.390 e. The topological polar surface area (TPSA) is 15.3 Å². The Morgan fingerprint density at radius 2 is 1.94 bits per heavy atom. The van der Waals surface area contributed by atoms with Crippen molar-refractivity contribution in [1.29, 1.82) is 0 Å². The summed E-state index contributed by atoms with van der Waals surface area (Å²) in [6.07, 6.45) is -2.82. The standard InChI is InChI=1S/C13H25F3N2/c1-10(2)7-12-9-18(6-4-5-17-12)11(3)8-13(14,15)16/h10-12,17H,4-9H2,1-3H3. The Kier molecular flexibility index (Phi) is 5.92. The van der Waals surface area contributed by atoms with Crippen LogP contribution in [-0.4, -0.2) is 42.8 Å². The van der Waals surface area contributed by atoms with Crippen LogP contribution in [0.4, 0.5) is 13.2 Å². The fourth-order valence-corrected chi connectivity index (χ4v) is 2.62. The molecule has 1 N–H and O–H groups in total. The lowest BCUT2D eigenvalue weighted by Gasteiger charge is -2.31. The summed E-state index contributed by atoms with van der Waals surface area (Å²) in [5, 5.41) is 3.44. The van der Waals surface area contributed by atoms with E-state index >= 15 is 0 Å². The molecule has 2 unspecified atom stereocenters. The predicted molar refractivity (Wildman–Crippen MR) is 67.6 cm³/mol. The molecule has 0 bridgehead atoms. The minimum absolute atomic E-state index is 0.322.